The Morgan fingerprint density at radius 3 is 2.64 bits per heavy atom. The van der Waals surface area contributed by atoms with E-state index >= 15 is 0 Å². The number of benzene rings is 2. The number of oxime groups is 1. The Morgan fingerprint density at radius 2 is 1.92 bits per heavy atom. The molecule has 2 aromatic carbocycles. The fourth-order valence-corrected chi connectivity index (χ4v) is 2.69. The lowest BCUT2D eigenvalue weighted by Crippen LogP contribution is -2.26. The smallest absolute Gasteiger partial charge is 0.390 e. The molecule has 1 atom stereocenters. The number of hydrogen-bond acceptors (Lipinski definition) is 3. The molecule has 0 amide bonds. The van der Waals surface area contributed by atoms with Gasteiger partial charge in [0, 0.05) is 19.5 Å². The van der Waals surface area contributed by atoms with Gasteiger partial charge in [-0.2, -0.15) is 13.2 Å². The summed E-state index contributed by atoms with van der Waals surface area (Å²) in [5.74, 6) is 0. The zero-order chi connectivity index (χ0) is 17.9. The molecule has 3 rings (SSSR count). The maximum Gasteiger partial charge on any atom is 0.416 e. The van der Waals surface area contributed by atoms with Crippen LogP contribution in [0.3, 0.4) is 0 Å². The summed E-state index contributed by atoms with van der Waals surface area (Å²) in [6.07, 6.45) is -3.75. The van der Waals surface area contributed by atoms with Gasteiger partial charge in [-0.3, -0.25) is 0 Å². The Bertz CT molecular complexity index is 754. The van der Waals surface area contributed by atoms with Gasteiger partial charge in [0.1, 0.15) is 6.10 Å². The van der Waals surface area contributed by atoms with Gasteiger partial charge >= 0.3 is 6.18 Å². The first-order chi connectivity index (χ1) is 11.9. The highest BCUT2D eigenvalue weighted by Crippen LogP contribution is 2.29. The summed E-state index contributed by atoms with van der Waals surface area (Å²) in [5, 5.41) is 7.25. The Hall–Kier alpha value is -2.34. The zero-order valence-electron chi connectivity index (χ0n) is 13.8. The molecule has 0 aliphatic carbocycles. The second kappa shape index (κ2) is 7.27. The Labute approximate surface area is 144 Å². The number of halogens is 3. The summed E-state index contributed by atoms with van der Waals surface area (Å²) in [6, 6.07) is 13.4. The van der Waals surface area contributed by atoms with Crippen molar-refractivity contribution < 1.29 is 18.0 Å². The summed E-state index contributed by atoms with van der Waals surface area (Å²) < 4.78 is 38.1. The highest BCUT2D eigenvalue weighted by molar-refractivity contribution is 6.01. The van der Waals surface area contributed by atoms with Crippen LogP contribution < -0.4 is 5.32 Å². The Kier molecular flexibility index (Phi) is 5.08. The molecular weight excluding hydrogens is 329 g/mol. The normalized spacial score (nSPS) is 17.3. The van der Waals surface area contributed by atoms with Crippen molar-refractivity contribution in [1.29, 1.82) is 0 Å². The molecule has 0 radical (unpaired) electrons. The number of nitrogens with one attached hydrogen (secondary N) is 1. The van der Waals surface area contributed by atoms with Crippen molar-refractivity contribution >= 4 is 5.71 Å². The number of rotatable bonds is 5. The third kappa shape index (κ3) is 4.60. The SMILES string of the molecule is Cc1ccc(C2=NO[C@@H](CNCc3cccc(C(F)(F)F)c3)C2)cc1. The van der Waals surface area contributed by atoms with Crippen LogP contribution in [0.1, 0.15) is 28.7 Å². The molecule has 1 aliphatic heterocycles. The Balaban J connectivity index is 1.49. The minimum absolute atomic E-state index is 0.109. The van der Waals surface area contributed by atoms with Gasteiger partial charge in [0.15, 0.2) is 0 Å². The summed E-state index contributed by atoms with van der Waals surface area (Å²) in [5.41, 5.74) is 3.07. The first-order valence-corrected chi connectivity index (χ1v) is 8.08. The lowest BCUT2D eigenvalue weighted by molar-refractivity contribution is -0.137. The van der Waals surface area contributed by atoms with E-state index in [-0.39, 0.29) is 6.10 Å². The lowest BCUT2D eigenvalue weighted by Gasteiger charge is -2.11. The van der Waals surface area contributed by atoms with Crippen molar-refractivity contribution in [2.75, 3.05) is 6.54 Å². The van der Waals surface area contributed by atoms with E-state index in [4.69, 9.17) is 4.84 Å². The monoisotopic (exact) mass is 348 g/mol. The topological polar surface area (TPSA) is 33.6 Å². The summed E-state index contributed by atoms with van der Waals surface area (Å²) in [7, 11) is 0. The van der Waals surface area contributed by atoms with Gasteiger partial charge in [-0.25, -0.2) is 0 Å². The van der Waals surface area contributed by atoms with E-state index in [1.165, 1.54) is 11.6 Å². The average molecular weight is 348 g/mol. The second-order valence-electron chi connectivity index (χ2n) is 6.16. The minimum atomic E-state index is -4.32. The first kappa shape index (κ1) is 17.5. The fourth-order valence-electron chi connectivity index (χ4n) is 2.69. The summed E-state index contributed by atoms with van der Waals surface area (Å²) in [4.78, 5) is 5.41. The Morgan fingerprint density at radius 1 is 1.16 bits per heavy atom. The van der Waals surface area contributed by atoms with Crippen LogP contribution in [0.5, 0.6) is 0 Å². The number of hydrogen-bond donors (Lipinski definition) is 1. The molecule has 0 spiro atoms. The molecule has 2 aromatic rings. The summed E-state index contributed by atoms with van der Waals surface area (Å²) in [6.45, 7) is 2.90. The maximum absolute atomic E-state index is 12.7. The maximum atomic E-state index is 12.7. The van der Waals surface area contributed by atoms with Crippen molar-refractivity contribution in [3.05, 3.63) is 70.8 Å². The lowest BCUT2D eigenvalue weighted by atomic mass is 10.0. The molecule has 0 aromatic heterocycles. The van der Waals surface area contributed by atoms with Gasteiger partial charge in [0.2, 0.25) is 0 Å². The van der Waals surface area contributed by atoms with E-state index in [9.17, 15) is 13.2 Å². The standard InChI is InChI=1S/C19H19F3N2O/c1-13-5-7-15(8-6-13)18-10-17(25-24-18)12-23-11-14-3-2-4-16(9-14)19(20,21)22/h2-9,17,23H,10-12H2,1H3/t17-/m1/s1. The molecular formula is C19H19F3N2O. The molecule has 3 nitrogen and oxygen atoms in total. The third-order valence-corrected chi connectivity index (χ3v) is 4.07. The molecule has 25 heavy (non-hydrogen) atoms. The molecule has 0 bridgehead atoms. The van der Waals surface area contributed by atoms with Gasteiger partial charge in [-0.15, -0.1) is 0 Å². The molecule has 6 heteroatoms. The predicted molar refractivity (Wildman–Crippen MR) is 90.4 cm³/mol. The van der Waals surface area contributed by atoms with Crippen molar-refractivity contribution in [2.24, 2.45) is 5.16 Å². The van der Waals surface area contributed by atoms with Gasteiger partial charge in [0.05, 0.1) is 11.3 Å². The van der Waals surface area contributed by atoms with E-state index in [2.05, 4.69) is 10.5 Å². The van der Waals surface area contributed by atoms with Crippen molar-refractivity contribution in [1.82, 2.24) is 5.32 Å². The molecule has 0 saturated heterocycles. The van der Waals surface area contributed by atoms with Gasteiger partial charge in [0.25, 0.3) is 0 Å². The average Bonchev–Trinajstić information content (AvgIpc) is 3.04. The quantitative estimate of drug-likeness (QED) is 0.874. The van der Waals surface area contributed by atoms with Crippen LogP contribution in [-0.2, 0) is 17.6 Å². The van der Waals surface area contributed by atoms with Gasteiger partial charge in [-0.05, 0) is 24.1 Å². The largest absolute Gasteiger partial charge is 0.416 e. The molecule has 1 aliphatic rings. The minimum Gasteiger partial charge on any atom is -0.390 e. The highest BCUT2D eigenvalue weighted by Gasteiger charge is 2.30. The van der Waals surface area contributed by atoms with Crippen LogP contribution in [0.25, 0.3) is 0 Å². The number of aryl methyl sites for hydroxylation is 1. The van der Waals surface area contributed by atoms with E-state index in [1.807, 2.05) is 31.2 Å². The van der Waals surface area contributed by atoms with Crippen molar-refractivity contribution in [3.8, 4) is 0 Å². The first-order valence-electron chi connectivity index (χ1n) is 8.08. The molecule has 1 heterocycles. The van der Waals surface area contributed by atoms with E-state index < -0.39 is 11.7 Å². The highest BCUT2D eigenvalue weighted by atomic mass is 19.4. The number of nitrogens with zero attached hydrogens (tertiary/aromatic N) is 1. The second-order valence-corrected chi connectivity index (χ2v) is 6.16. The van der Waals surface area contributed by atoms with Crippen molar-refractivity contribution in [3.63, 3.8) is 0 Å². The third-order valence-electron chi connectivity index (χ3n) is 4.07. The van der Waals surface area contributed by atoms with E-state index in [1.54, 1.807) is 6.07 Å². The molecule has 0 saturated carbocycles. The summed E-state index contributed by atoms with van der Waals surface area (Å²) >= 11 is 0. The predicted octanol–water partition coefficient (Wildman–Crippen LogP) is 4.30. The molecule has 0 fully saturated rings. The zero-order valence-corrected chi connectivity index (χ0v) is 13.8. The molecule has 132 valence electrons. The van der Waals surface area contributed by atoms with Crippen LogP contribution in [-0.4, -0.2) is 18.4 Å². The van der Waals surface area contributed by atoms with Crippen LogP contribution >= 0.6 is 0 Å². The van der Waals surface area contributed by atoms with Gasteiger partial charge < -0.3 is 10.2 Å². The number of alkyl halides is 3. The molecule has 0 unspecified atom stereocenters. The van der Waals surface area contributed by atoms with E-state index in [0.717, 1.165) is 23.4 Å². The van der Waals surface area contributed by atoms with Crippen molar-refractivity contribution in [2.45, 2.75) is 32.2 Å². The van der Waals surface area contributed by atoms with Crippen LogP contribution in [0.4, 0.5) is 13.2 Å². The fraction of sp³-hybridized carbons (Fsp3) is 0.316. The van der Waals surface area contributed by atoms with Gasteiger partial charge in [-0.1, -0.05) is 53.2 Å². The molecule has 1 N–H and O–H groups in total. The van der Waals surface area contributed by atoms with E-state index in [0.29, 0.717) is 25.1 Å². The van der Waals surface area contributed by atoms with Crippen LogP contribution in [0.2, 0.25) is 0 Å². The van der Waals surface area contributed by atoms with Crippen LogP contribution in [0, 0.1) is 6.92 Å². The van der Waals surface area contributed by atoms with Crippen LogP contribution in [0.15, 0.2) is 53.7 Å².